The number of piperazine rings is 1. The Morgan fingerprint density at radius 2 is 2.00 bits per heavy atom. The van der Waals surface area contributed by atoms with Gasteiger partial charge in [-0.05, 0) is 12.1 Å². The van der Waals surface area contributed by atoms with E-state index < -0.39 is 0 Å². The number of carbonyl (C=O) groups excluding carboxylic acids is 1. The first-order valence-corrected chi connectivity index (χ1v) is 6.25. The van der Waals surface area contributed by atoms with Gasteiger partial charge < -0.3 is 15.5 Å². The SMILES string of the molecule is CC(=O)N1CCN(c2ccc3c(N)ncnn23)CC1. The molecule has 0 aromatic carbocycles. The summed E-state index contributed by atoms with van der Waals surface area (Å²) in [4.78, 5) is 19.4. The van der Waals surface area contributed by atoms with E-state index in [0.717, 1.165) is 37.5 Å². The molecule has 1 fully saturated rings. The Hall–Kier alpha value is -2.31. The van der Waals surface area contributed by atoms with Gasteiger partial charge in [-0.1, -0.05) is 0 Å². The van der Waals surface area contributed by atoms with Crippen molar-refractivity contribution in [2.24, 2.45) is 0 Å². The predicted octanol–water partition coefficient (Wildman–Crippen LogP) is -0.0200. The summed E-state index contributed by atoms with van der Waals surface area (Å²) in [5.74, 6) is 1.60. The topological polar surface area (TPSA) is 79.8 Å². The third-order valence-corrected chi connectivity index (χ3v) is 3.51. The van der Waals surface area contributed by atoms with Crippen LogP contribution in [0.2, 0.25) is 0 Å². The Bertz CT molecular complexity index is 614. The van der Waals surface area contributed by atoms with Gasteiger partial charge in [-0.15, -0.1) is 0 Å². The van der Waals surface area contributed by atoms with Crippen LogP contribution in [0.4, 0.5) is 11.6 Å². The molecule has 19 heavy (non-hydrogen) atoms. The third-order valence-electron chi connectivity index (χ3n) is 3.51. The van der Waals surface area contributed by atoms with E-state index in [1.165, 1.54) is 6.33 Å². The second-order valence-electron chi connectivity index (χ2n) is 4.63. The van der Waals surface area contributed by atoms with Crippen molar-refractivity contribution >= 4 is 23.1 Å². The fraction of sp³-hybridized carbons (Fsp3) is 0.417. The molecule has 3 rings (SSSR count). The second kappa shape index (κ2) is 4.42. The first-order valence-electron chi connectivity index (χ1n) is 6.25. The van der Waals surface area contributed by atoms with E-state index in [2.05, 4.69) is 15.0 Å². The van der Waals surface area contributed by atoms with Gasteiger partial charge in [-0.3, -0.25) is 4.79 Å². The highest BCUT2D eigenvalue weighted by Gasteiger charge is 2.21. The van der Waals surface area contributed by atoms with Crippen molar-refractivity contribution in [1.82, 2.24) is 19.5 Å². The summed E-state index contributed by atoms with van der Waals surface area (Å²) in [7, 11) is 0. The van der Waals surface area contributed by atoms with Crippen LogP contribution >= 0.6 is 0 Å². The van der Waals surface area contributed by atoms with E-state index >= 15 is 0 Å². The number of rotatable bonds is 1. The standard InChI is InChI=1S/C12H16N6O/c1-9(19)16-4-6-17(7-5-16)11-3-2-10-12(13)14-8-15-18(10)11/h2-3,8H,4-7H2,1H3,(H2,13,14,15). The van der Waals surface area contributed by atoms with E-state index in [4.69, 9.17) is 5.73 Å². The predicted molar refractivity (Wildman–Crippen MR) is 71.9 cm³/mol. The molecule has 0 spiro atoms. The number of aromatic nitrogens is 3. The molecule has 0 atom stereocenters. The van der Waals surface area contributed by atoms with Crippen LogP contribution in [0, 0.1) is 0 Å². The minimum absolute atomic E-state index is 0.131. The lowest BCUT2D eigenvalue weighted by molar-refractivity contribution is -0.129. The van der Waals surface area contributed by atoms with Crippen LogP contribution in [0.25, 0.3) is 5.52 Å². The molecule has 0 aliphatic carbocycles. The number of carbonyl (C=O) groups is 1. The molecule has 1 aliphatic heterocycles. The number of nitrogens with zero attached hydrogens (tertiary/aromatic N) is 5. The average molecular weight is 260 g/mol. The van der Waals surface area contributed by atoms with Crippen LogP contribution in [0.3, 0.4) is 0 Å². The molecule has 2 aromatic rings. The molecule has 0 radical (unpaired) electrons. The fourth-order valence-electron chi connectivity index (χ4n) is 2.43. The van der Waals surface area contributed by atoms with Crippen molar-refractivity contribution in [2.45, 2.75) is 6.92 Å². The monoisotopic (exact) mass is 260 g/mol. The third kappa shape index (κ3) is 1.96. The van der Waals surface area contributed by atoms with Gasteiger partial charge in [0, 0.05) is 33.1 Å². The van der Waals surface area contributed by atoms with E-state index in [0.29, 0.717) is 5.82 Å². The lowest BCUT2D eigenvalue weighted by Gasteiger charge is -2.35. The Morgan fingerprint density at radius 1 is 1.26 bits per heavy atom. The molecule has 1 amide bonds. The van der Waals surface area contributed by atoms with Crippen LogP contribution in [0.5, 0.6) is 0 Å². The first-order chi connectivity index (χ1) is 9.16. The quantitative estimate of drug-likeness (QED) is 0.779. The van der Waals surface area contributed by atoms with Crippen molar-refractivity contribution < 1.29 is 4.79 Å². The molecule has 2 N–H and O–H groups in total. The van der Waals surface area contributed by atoms with Gasteiger partial charge in [0.1, 0.15) is 17.7 Å². The molecular weight excluding hydrogens is 244 g/mol. The summed E-state index contributed by atoms with van der Waals surface area (Å²) < 4.78 is 1.80. The summed E-state index contributed by atoms with van der Waals surface area (Å²) >= 11 is 0. The van der Waals surface area contributed by atoms with Gasteiger partial charge in [0.2, 0.25) is 5.91 Å². The molecule has 1 aliphatic rings. The normalized spacial score (nSPS) is 16.1. The maximum Gasteiger partial charge on any atom is 0.219 e. The average Bonchev–Trinajstić information content (AvgIpc) is 2.84. The summed E-state index contributed by atoms with van der Waals surface area (Å²) in [6.07, 6.45) is 1.46. The van der Waals surface area contributed by atoms with Crippen molar-refractivity contribution in [3.63, 3.8) is 0 Å². The summed E-state index contributed by atoms with van der Waals surface area (Å²) in [5, 5.41) is 4.23. The zero-order chi connectivity index (χ0) is 13.4. The van der Waals surface area contributed by atoms with Crippen LogP contribution in [0.1, 0.15) is 6.92 Å². The number of anilines is 2. The Balaban J connectivity index is 1.86. The molecule has 0 saturated carbocycles. The lowest BCUT2D eigenvalue weighted by Crippen LogP contribution is -2.48. The maximum absolute atomic E-state index is 11.3. The van der Waals surface area contributed by atoms with E-state index in [-0.39, 0.29) is 5.91 Å². The Morgan fingerprint density at radius 3 is 2.68 bits per heavy atom. The largest absolute Gasteiger partial charge is 0.382 e. The second-order valence-corrected chi connectivity index (χ2v) is 4.63. The van der Waals surface area contributed by atoms with E-state index in [1.54, 1.807) is 11.4 Å². The number of nitrogens with two attached hydrogens (primary N) is 1. The molecule has 1 saturated heterocycles. The highest BCUT2D eigenvalue weighted by atomic mass is 16.2. The molecule has 7 nitrogen and oxygen atoms in total. The molecular formula is C12H16N6O. The number of hydrogen-bond acceptors (Lipinski definition) is 5. The van der Waals surface area contributed by atoms with Gasteiger partial charge in [0.25, 0.3) is 0 Å². The minimum atomic E-state index is 0.131. The van der Waals surface area contributed by atoms with E-state index in [9.17, 15) is 4.79 Å². The lowest BCUT2D eigenvalue weighted by atomic mass is 10.3. The minimum Gasteiger partial charge on any atom is -0.382 e. The van der Waals surface area contributed by atoms with Crippen LogP contribution in [-0.4, -0.2) is 51.6 Å². The molecule has 3 heterocycles. The van der Waals surface area contributed by atoms with Gasteiger partial charge in [0.05, 0.1) is 0 Å². The number of nitrogen functional groups attached to an aromatic ring is 1. The van der Waals surface area contributed by atoms with Crippen molar-refractivity contribution in [1.29, 1.82) is 0 Å². The molecule has 100 valence electrons. The van der Waals surface area contributed by atoms with Crippen LogP contribution in [0.15, 0.2) is 18.5 Å². The fourth-order valence-corrected chi connectivity index (χ4v) is 2.43. The zero-order valence-corrected chi connectivity index (χ0v) is 10.8. The number of fused-ring (bicyclic) bond motifs is 1. The highest BCUT2D eigenvalue weighted by Crippen LogP contribution is 2.21. The van der Waals surface area contributed by atoms with Crippen molar-refractivity contribution in [3.05, 3.63) is 18.5 Å². The van der Waals surface area contributed by atoms with E-state index in [1.807, 2.05) is 17.0 Å². The summed E-state index contributed by atoms with van der Waals surface area (Å²) in [6, 6.07) is 3.91. The van der Waals surface area contributed by atoms with Crippen LogP contribution in [-0.2, 0) is 4.79 Å². The number of amides is 1. The van der Waals surface area contributed by atoms with Gasteiger partial charge in [-0.25, -0.2) is 9.50 Å². The van der Waals surface area contributed by atoms with Crippen molar-refractivity contribution in [2.75, 3.05) is 36.8 Å². The summed E-state index contributed by atoms with van der Waals surface area (Å²) in [5.41, 5.74) is 6.63. The maximum atomic E-state index is 11.3. The molecule has 0 unspecified atom stereocenters. The molecule has 7 heteroatoms. The summed E-state index contributed by atoms with van der Waals surface area (Å²) in [6.45, 7) is 4.69. The van der Waals surface area contributed by atoms with Crippen molar-refractivity contribution in [3.8, 4) is 0 Å². The van der Waals surface area contributed by atoms with Gasteiger partial charge in [-0.2, -0.15) is 5.10 Å². The van der Waals surface area contributed by atoms with Gasteiger partial charge >= 0.3 is 0 Å². The van der Waals surface area contributed by atoms with Gasteiger partial charge in [0.15, 0.2) is 5.82 Å². The molecule has 2 aromatic heterocycles. The van der Waals surface area contributed by atoms with Crippen LogP contribution < -0.4 is 10.6 Å². The number of hydrogen-bond donors (Lipinski definition) is 1. The highest BCUT2D eigenvalue weighted by molar-refractivity contribution is 5.74. The zero-order valence-electron chi connectivity index (χ0n) is 10.8. The Kier molecular flexibility index (Phi) is 2.73. The molecule has 0 bridgehead atoms. The first kappa shape index (κ1) is 11.8. The smallest absolute Gasteiger partial charge is 0.219 e. The Labute approximate surface area is 110 Å².